The van der Waals surface area contributed by atoms with Gasteiger partial charge in [0.15, 0.2) is 9.84 Å². The number of anilines is 2. The van der Waals surface area contributed by atoms with Crippen LogP contribution >= 0.6 is 0 Å². The summed E-state index contributed by atoms with van der Waals surface area (Å²) in [4.78, 5) is 27.3. The van der Waals surface area contributed by atoms with Crippen molar-refractivity contribution in [1.29, 1.82) is 0 Å². The number of nitrogens with one attached hydrogen (secondary N) is 1. The molecule has 0 saturated heterocycles. The molecule has 158 valence electrons. The van der Waals surface area contributed by atoms with E-state index in [-0.39, 0.29) is 22.5 Å². The molecule has 0 radical (unpaired) electrons. The van der Waals surface area contributed by atoms with E-state index in [9.17, 15) is 18.0 Å². The van der Waals surface area contributed by atoms with Crippen LogP contribution in [-0.2, 0) is 16.3 Å². The van der Waals surface area contributed by atoms with Crippen molar-refractivity contribution in [2.75, 3.05) is 22.5 Å². The van der Waals surface area contributed by atoms with Gasteiger partial charge in [0.25, 0.3) is 11.8 Å². The molecule has 1 N–H and O–H groups in total. The molecule has 3 aromatic rings. The van der Waals surface area contributed by atoms with E-state index in [1.807, 2.05) is 24.3 Å². The summed E-state index contributed by atoms with van der Waals surface area (Å²) < 4.78 is 23.8. The van der Waals surface area contributed by atoms with Crippen molar-refractivity contribution in [3.8, 4) is 0 Å². The summed E-state index contributed by atoms with van der Waals surface area (Å²) in [5.74, 6) is -0.421. The Labute approximate surface area is 181 Å². The third-order valence-electron chi connectivity index (χ3n) is 5.38. The molecule has 4 rings (SSSR count). The number of carbonyl (C=O) groups is 2. The van der Waals surface area contributed by atoms with Crippen LogP contribution in [0.5, 0.6) is 0 Å². The average Bonchev–Trinajstić information content (AvgIpc) is 3.23. The van der Waals surface area contributed by atoms with Gasteiger partial charge in [-0.1, -0.05) is 25.1 Å². The minimum atomic E-state index is -3.31. The molecule has 1 heterocycles. The molecule has 7 heteroatoms. The van der Waals surface area contributed by atoms with E-state index in [2.05, 4.69) is 5.32 Å². The number of benzene rings is 3. The highest BCUT2D eigenvalue weighted by molar-refractivity contribution is 7.91. The first kappa shape index (κ1) is 20.8. The molecule has 0 fully saturated rings. The fourth-order valence-electron chi connectivity index (χ4n) is 3.58. The Hall–Kier alpha value is -3.45. The molecular formula is C24H22N2O4S. The van der Waals surface area contributed by atoms with Crippen molar-refractivity contribution in [2.24, 2.45) is 0 Å². The van der Waals surface area contributed by atoms with Crippen LogP contribution < -0.4 is 10.2 Å². The molecule has 1 aliphatic rings. The second kappa shape index (κ2) is 8.35. The predicted octanol–water partition coefficient (Wildman–Crippen LogP) is 3.94. The molecule has 0 saturated carbocycles. The smallest absolute Gasteiger partial charge is 0.258 e. The van der Waals surface area contributed by atoms with E-state index < -0.39 is 9.84 Å². The van der Waals surface area contributed by atoms with Gasteiger partial charge in [-0.25, -0.2) is 8.42 Å². The highest BCUT2D eigenvalue weighted by Crippen LogP contribution is 2.29. The van der Waals surface area contributed by atoms with Gasteiger partial charge in [0.2, 0.25) is 0 Å². The van der Waals surface area contributed by atoms with Gasteiger partial charge < -0.3 is 10.2 Å². The molecule has 0 unspecified atom stereocenters. The largest absolute Gasteiger partial charge is 0.322 e. The first-order valence-corrected chi connectivity index (χ1v) is 11.7. The average molecular weight is 435 g/mol. The highest BCUT2D eigenvalue weighted by Gasteiger charge is 2.25. The molecular weight excluding hydrogens is 412 g/mol. The topological polar surface area (TPSA) is 83.5 Å². The Bertz CT molecular complexity index is 1230. The van der Waals surface area contributed by atoms with E-state index in [1.54, 1.807) is 36.1 Å². The maximum atomic E-state index is 12.9. The van der Waals surface area contributed by atoms with Crippen molar-refractivity contribution in [2.45, 2.75) is 18.2 Å². The standard InChI is InChI=1S/C24H22N2O4S/c1-2-31(29,30)21-13-9-18(10-14-21)23(27)25-20-11-7-19(8-12-20)24(28)26-16-15-17-5-3-4-6-22(17)26/h3-14H,2,15-16H2,1H3,(H,25,27). The van der Waals surface area contributed by atoms with Gasteiger partial charge in [-0.15, -0.1) is 0 Å². The molecule has 0 atom stereocenters. The zero-order valence-electron chi connectivity index (χ0n) is 17.0. The van der Waals surface area contributed by atoms with Gasteiger partial charge in [0.05, 0.1) is 10.6 Å². The normalized spacial score (nSPS) is 13.0. The van der Waals surface area contributed by atoms with Crippen LogP contribution in [0.2, 0.25) is 0 Å². The summed E-state index contributed by atoms with van der Waals surface area (Å²) in [6.45, 7) is 2.23. The quantitative estimate of drug-likeness (QED) is 0.659. The summed E-state index contributed by atoms with van der Waals surface area (Å²) in [6.07, 6.45) is 0.842. The lowest BCUT2D eigenvalue weighted by molar-refractivity contribution is 0.0988. The molecule has 2 amide bonds. The van der Waals surface area contributed by atoms with Crippen LogP contribution in [-0.4, -0.2) is 32.5 Å². The molecule has 0 bridgehead atoms. The minimum absolute atomic E-state index is 0.00657. The van der Waals surface area contributed by atoms with Gasteiger partial charge in [-0.05, 0) is 66.6 Å². The monoisotopic (exact) mass is 434 g/mol. The van der Waals surface area contributed by atoms with Crippen LogP contribution in [0, 0.1) is 0 Å². The van der Waals surface area contributed by atoms with Crippen molar-refractivity contribution >= 4 is 33.0 Å². The third kappa shape index (κ3) is 4.22. The second-order valence-corrected chi connectivity index (χ2v) is 9.57. The number of para-hydroxylation sites is 1. The Balaban J connectivity index is 1.44. The molecule has 31 heavy (non-hydrogen) atoms. The van der Waals surface area contributed by atoms with Crippen LogP contribution in [0.15, 0.2) is 77.7 Å². The van der Waals surface area contributed by atoms with Crippen LogP contribution in [0.1, 0.15) is 33.2 Å². The Kier molecular flexibility index (Phi) is 5.61. The number of carbonyl (C=O) groups excluding carboxylic acids is 2. The Morgan fingerprint density at radius 2 is 1.55 bits per heavy atom. The fraction of sp³-hybridized carbons (Fsp3) is 0.167. The lowest BCUT2D eigenvalue weighted by atomic mass is 10.1. The van der Waals surface area contributed by atoms with Crippen molar-refractivity contribution in [1.82, 2.24) is 0 Å². The maximum absolute atomic E-state index is 12.9. The lowest BCUT2D eigenvalue weighted by Gasteiger charge is -2.17. The number of hydrogen-bond acceptors (Lipinski definition) is 4. The molecule has 0 aromatic heterocycles. The summed E-state index contributed by atoms with van der Waals surface area (Å²) in [6, 6.07) is 20.5. The van der Waals surface area contributed by atoms with E-state index >= 15 is 0 Å². The number of amides is 2. The van der Waals surface area contributed by atoms with Crippen molar-refractivity contribution in [3.05, 3.63) is 89.5 Å². The number of nitrogens with zero attached hydrogens (tertiary/aromatic N) is 1. The van der Waals surface area contributed by atoms with Crippen LogP contribution in [0.4, 0.5) is 11.4 Å². The van der Waals surface area contributed by atoms with E-state index in [0.29, 0.717) is 23.4 Å². The molecule has 0 aliphatic carbocycles. The van der Waals surface area contributed by atoms with Gasteiger partial charge >= 0.3 is 0 Å². The molecule has 6 nitrogen and oxygen atoms in total. The third-order valence-corrected chi connectivity index (χ3v) is 7.13. The number of fused-ring (bicyclic) bond motifs is 1. The number of hydrogen-bond donors (Lipinski definition) is 1. The van der Waals surface area contributed by atoms with E-state index in [1.165, 1.54) is 24.3 Å². The first-order chi connectivity index (χ1) is 14.9. The van der Waals surface area contributed by atoms with Gasteiger partial charge in [-0.3, -0.25) is 9.59 Å². The van der Waals surface area contributed by atoms with Crippen LogP contribution in [0.25, 0.3) is 0 Å². The highest BCUT2D eigenvalue weighted by atomic mass is 32.2. The Morgan fingerprint density at radius 3 is 2.23 bits per heavy atom. The van der Waals surface area contributed by atoms with E-state index in [0.717, 1.165) is 17.7 Å². The number of sulfone groups is 1. The fourth-order valence-corrected chi connectivity index (χ4v) is 4.47. The summed E-state index contributed by atoms with van der Waals surface area (Å²) in [5, 5.41) is 2.77. The van der Waals surface area contributed by atoms with Crippen molar-refractivity contribution in [3.63, 3.8) is 0 Å². The van der Waals surface area contributed by atoms with Gasteiger partial charge in [-0.2, -0.15) is 0 Å². The SMILES string of the molecule is CCS(=O)(=O)c1ccc(C(=O)Nc2ccc(C(=O)N3CCc4ccccc43)cc2)cc1. The maximum Gasteiger partial charge on any atom is 0.258 e. The number of rotatable bonds is 5. The second-order valence-electron chi connectivity index (χ2n) is 7.29. The van der Waals surface area contributed by atoms with Gasteiger partial charge in [0, 0.05) is 29.0 Å². The summed E-state index contributed by atoms with van der Waals surface area (Å²) in [7, 11) is -3.31. The van der Waals surface area contributed by atoms with Gasteiger partial charge in [0.1, 0.15) is 0 Å². The first-order valence-electron chi connectivity index (χ1n) is 10.0. The lowest BCUT2D eigenvalue weighted by Crippen LogP contribution is -2.28. The zero-order chi connectivity index (χ0) is 22.0. The van der Waals surface area contributed by atoms with E-state index in [4.69, 9.17) is 0 Å². The minimum Gasteiger partial charge on any atom is -0.322 e. The molecule has 0 spiro atoms. The zero-order valence-corrected chi connectivity index (χ0v) is 17.9. The predicted molar refractivity (Wildman–Crippen MR) is 120 cm³/mol. The summed E-state index contributed by atoms with van der Waals surface area (Å²) >= 11 is 0. The summed E-state index contributed by atoms with van der Waals surface area (Å²) in [5.41, 5.74) is 3.55. The Morgan fingerprint density at radius 1 is 0.903 bits per heavy atom. The van der Waals surface area contributed by atoms with Crippen molar-refractivity contribution < 1.29 is 18.0 Å². The molecule has 3 aromatic carbocycles. The molecule has 1 aliphatic heterocycles. The van der Waals surface area contributed by atoms with Crippen LogP contribution in [0.3, 0.4) is 0 Å².